The fraction of sp³-hybridized carbons (Fsp3) is 0.655. The predicted octanol–water partition coefficient (Wildman–Crippen LogP) is 6.64. The zero-order chi connectivity index (χ0) is 19.9. The summed E-state index contributed by atoms with van der Waals surface area (Å²) in [7, 11) is 0. The lowest BCUT2D eigenvalue weighted by Gasteiger charge is -2.45. The number of aliphatic hydroxyl groups is 1. The van der Waals surface area contributed by atoms with E-state index in [1.807, 2.05) is 0 Å². The molecule has 0 heterocycles. The van der Waals surface area contributed by atoms with Gasteiger partial charge in [-0.25, -0.2) is 0 Å². The molecule has 30 heavy (non-hydrogen) atoms. The molecule has 8 atom stereocenters. The van der Waals surface area contributed by atoms with E-state index >= 15 is 0 Å². The summed E-state index contributed by atoms with van der Waals surface area (Å²) in [4.78, 5) is 0. The van der Waals surface area contributed by atoms with Gasteiger partial charge < -0.3 is 5.11 Å². The van der Waals surface area contributed by atoms with Gasteiger partial charge in [0, 0.05) is 0 Å². The summed E-state index contributed by atoms with van der Waals surface area (Å²) < 4.78 is 0. The molecule has 1 aromatic carbocycles. The summed E-state index contributed by atoms with van der Waals surface area (Å²) >= 11 is 0. The number of hydrogen-bond acceptors (Lipinski definition) is 1. The molecule has 8 aliphatic carbocycles. The predicted molar refractivity (Wildman–Crippen MR) is 121 cm³/mol. The van der Waals surface area contributed by atoms with Crippen molar-refractivity contribution in [2.75, 3.05) is 0 Å². The topological polar surface area (TPSA) is 20.2 Å². The van der Waals surface area contributed by atoms with Crippen molar-refractivity contribution in [3.63, 3.8) is 0 Å². The Kier molecular flexibility index (Phi) is 4.00. The number of hydrogen-bond donors (Lipinski definition) is 1. The van der Waals surface area contributed by atoms with Crippen LogP contribution in [0.15, 0.2) is 53.6 Å². The summed E-state index contributed by atoms with van der Waals surface area (Å²) in [6.45, 7) is 0. The molecular weight excluding hydrogens is 364 g/mol. The molecular formula is C29H36O. The van der Waals surface area contributed by atoms with Crippen molar-refractivity contribution in [3.05, 3.63) is 59.2 Å². The van der Waals surface area contributed by atoms with Crippen LogP contribution in [0.4, 0.5) is 0 Å². The Balaban J connectivity index is 1.40. The average molecular weight is 401 g/mol. The van der Waals surface area contributed by atoms with E-state index in [0.29, 0.717) is 23.7 Å². The van der Waals surface area contributed by atoms with E-state index in [4.69, 9.17) is 0 Å². The van der Waals surface area contributed by atoms with Crippen LogP contribution in [0.25, 0.3) is 0 Å². The van der Waals surface area contributed by atoms with E-state index in [1.54, 1.807) is 0 Å². The highest BCUT2D eigenvalue weighted by Crippen LogP contribution is 2.60. The van der Waals surface area contributed by atoms with Crippen molar-refractivity contribution in [2.24, 2.45) is 47.3 Å². The van der Waals surface area contributed by atoms with Crippen LogP contribution in [0.3, 0.4) is 0 Å². The van der Waals surface area contributed by atoms with Crippen molar-refractivity contribution in [2.45, 2.75) is 69.8 Å². The van der Waals surface area contributed by atoms with Gasteiger partial charge in [-0.2, -0.15) is 0 Å². The maximum absolute atomic E-state index is 12.9. The van der Waals surface area contributed by atoms with Gasteiger partial charge in [-0.05, 0) is 128 Å². The van der Waals surface area contributed by atoms with Crippen molar-refractivity contribution in [1.29, 1.82) is 0 Å². The highest BCUT2D eigenvalue weighted by molar-refractivity contribution is 5.47. The van der Waals surface area contributed by atoms with E-state index in [9.17, 15) is 5.11 Å². The first kappa shape index (κ1) is 18.3. The summed E-state index contributed by atoms with van der Waals surface area (Å²) in [6, 6.07) is 10.8. The Labute approximate surface area is 181 Å². The standard InChI is InChI=1S/C29H36O/c30-29(26-4-2-1-3-5-26,27-16-22-8-18-6-19(9-22)13-24(27)12-18)28-17-23-10-20-7-21(11-23)15-25(28)14-20/h1-5,16-25,30H,6-15H2/t18-,19+,20-,21+,22?,23?,24?,25?,29?. The smallest absolute Gasteiger partial charge is 0.133 e. The number of allylic oxidation sites excluding steroid dienone is 2. The Hall–Kier alpha value is -1.34. The Morgan fingerprint density at radius 3 is 1.43 bits per heavy atom. The average Bonchev–Trinajstić information content (AvgIpc) is 3.07. The lowest BCUT2D eigenvalue weighted by molar-refractivity contribution is 0.0645. The largest absolute Gasteiger partial charge is 0.377 e. The molecule has 0 aliphatic heterocycles. The van der Waals surface area contributed by atoms with Crippen LogP contribution in [0.2, 0.25) is 0 Å². The zero-order valence-electron chi connectivity index (χ0n) is 18.2. The molecule has 4 fully saturated rings. The van der Waals surface area contributed by atoms with E-state index < -0.39 is 5.60 Å². The molecule has 1 nitrogen and oxygen atoms in total. The molecule has 0 amide bonds. The normalized spacial score (nSPS) is 45.5. The number of benzene rings is 1. The van der Waals surface area contributed by atoms with Gasteiger partial charge in [0.05, 0.1) is 0 Å². The summed E-state index contributed by atoms with van der Waals surface area (Å²) in [5, 5.41) is 12.9. The third-order valence-electron chi connectivity index (χ3n) is 10.1. The molecule has 0 saturated heterocycles. The van der Waals surface area contributed by atoms with Crippen LogP contribution in [0.1, 0.15) is 69.8 Å². The lowest BCUT2D eigenvalue weighted by atomic mass is 9.62. The van der Waals surface area contributed by atoms with Crippen LogP contribution >= 0.6 is 0 Å². The van der Waals surface area contributed by atoms with Crippen molar-refractivity contribution in [1.82, 2.24) is 0 Å². The van der Waals surface area contributed by atoms with Gasteiger partial charge >= 0.3 is 0 Å². The second-order valence-corrected chi connectivity index (χ2v) is 12.1. The maximum Gasteiger partial charge on any atom is 0.133 e. The third-order valence-corrected chi connectivity index (χ3v) is 10.1. The van der Waals surface area contributed by atoms with Gasteiger partial charge in [0.2, 0.25) is 0 Å². The first-order valence-corrected chi connectivity index (χ1v) is 12.9. The van der Waals surface area contributed by atoms with Gasteiger partial charge in [-0.3, -0.25) is 0 Å². The molecule has 0 aromatic heterocycles. The zero-order valence-corrected chi connectivity index (χ0v) is 18.2. The van der Waals surface area contributed by atoms with Gasteiger partial charge in [0.25, 0.3) is 0 Å². The fourth-order valence-electron chi connectivity index (χ4n) is 9.38. The monoisotopic (exact) mass is 400 g/mol. The minimum absolute atomic E-state index is 0.588. The van der Waals surface area contributed by atoms with E-state index in [2.05, 4.69) is 42.5 Å². The van der Waals surface area contributed by atoms with Crippen molar-refractivity contribution < 1.29 is 5.11 Å². The van der Waals surface area contributed by atoms with E-state index in [0.717, 1.165) is 29.2 Å². The van der Waals surface area contributed by atoms with Crippen LogP contribution in [0.5, 0.6) is 0 Å². The Bertz CT molecular complexity index is 814. The lowest BCUT2D eigenvalue weighted by Crippen LogP contribution is -2.39. The Morgan fingerprint density at radius 2 is 1.00 bits per heavy atom. The number of rotatable bonds is 3. The minimum Gasteiger partial charge on any atom is -0.377 e. The maximum atomic E-state index is 12.9. The molecule has 1 aromatic rings. The highest BCUT2D eigenvalue weighted by Gasteiger charge is 2.52. The Morgan fingerprint density at radius 1 is 0.567 bits per heavy atom. The quantitative estimate of drug-likeness (QED) is 0.564. The molecule has 1 N–H and O–H groups in total. The SMILES string of the molecule is OC(C1=CC2C[C@@H]3CC1C[C@H](C2)C3)(C1=CC2C[C@@H]3CC1C[C@H](C2)C3)c1ccccc1. The van der Waals surface area contributed by atoms with Crippen LogP contribution in [-0.2, 0) is 5.60 Å². The molecule has 0 spiro atoms. The van der Waals surface area contributed by atoms with Gasteiger partial charge in [-0.1, -0.05) is 42.5 Å². The molecule has 8 bridgehead atoms. The summed E-state index contributed by atoms with van der Waals surface area (Å²) in [5.74, 6) is 6.17. The highest BCUT2D eigenvalue weighted by atomic mass is 16.3. The molecule has 8 aliphatic rings. The second-order valence-electron chi connectivity index (χ2n) is 12.1. The van der Waals surface area contributed by atoms with E-state index in [1.165, 1.54) is 75.4 Å². The van der Waals surface area contributed by atoms with Gasteiger partial charge in [-0.15, -0.1) is 0 Å². The van der Waals surface area contributed by atoms with Crippen molar-refractivity contribution in [3.8, 4) is 0 Å². The minimum atomic E-state index is -0.866. The third kappa shape index (κ3) is 2.70. The second kappa shape index (κ2) is 6.58. The molecule has 4 saturated carbocycles. The molecule has 0 radical (unpaired) electrons. The summed E-state index contributed by atoms with van der Waals surface area (Å²) in [6.07, 6.45) is 18.9. The molecule has 9 rings (SSSR count). The van der Waals surface area contributed by atoms with Gasteiger partial charge in [0.15, 0.2) is 0 Å². The molecule has 1 heteroatoms. The van der Waals surface area contributed by atoms with Crippen molar-refractivity contribution >= 4 is 0 Å². The van der Waals surface area contributed by atoms with Gasteiger partial charge in [0.1, 0.15) is 5.60 Å². The fourth-order valence-corrected chi connectivity index (χ4v) is 9.38. The summed E-state index contributed by atoms with van der Waals surface area (Å²) in [5.41, 5.74) is 3.10. The van der Waals surface area contributed by atoms with Crippen LogP contribution < -0.4 is 0 Å². The van der Waals surface area contributed by atoms with Crippen LogP contribution in [0, 0.1) is 47.3 Å². The molecule has 158 valence electrons. The molecule has 4 unspecified atom stereocenters. The first-order valence-electron chi connectivity index (χ1n) is 12.9. The first-order chi connectivity index (χ1) is 14.6. The van der Waals surface area contributed by atoms with E-state index in [-0.39, 0.29) is 0 Å². The van der Waals surface area contributed by atoms with Crippen LogP contribution in [-0.4, -0.2) is 5.11 Å².